The molecule has 0 aliphatic heterocycles. The van der Waals surface area contributed by atoms with E-state index in [4.69, 9.17) is 30.5 Å². The second kappa shape index (κ2) is 13.1. The molecule has 0 bridgehead atoms. The molecule has 0 unspecified atom stereocenters. The molecule has 0 amide bonds. The number of aromatic amines is 1. The molecule has 4 rings (SSSR count). The van der Waals surface area contributed by atoms with Crippen molar-refractivity contribution in [3.63, 3.8) is 0 Å². The zero-order chi connectivity index (χ0) is 27.8. The Morgan fingerprint density at radius 2 is 1.77 bits per heavy atom. The van der Waals surface area contributed by atoms with Crippen LogP contribution in [0.4, 0.5) is 0 Å². The summed E-state index contributed by atoms with van der Waals surface area (Å²) in [6.07, 6.45) is 1.53. The van der Waals surface area contributed by atoms with Crippen LogP contribution in [0.1, 0.15) is 18.1 Å². The molecule has 0 saturated carbocycles. The molecule has 0 fully saturated rings. The number of aromatic nitrogens is 3. The topological polar surface area (TPSA) is 116 Å². The van der Waals surface area contributed by atoms with Gasteiger partial charge in [0.05, 0.1) is 20.8 Å². The predicted octanol–water partition coefficient (Wildman–Crippen LogP) is 6.34. The van der Waals surface area contributed by atoms with E-state index in [-0.39, 0.29) is 16.7 Å². The van der Waals surface area contributed by atoms with Crippen LogP contribution >= 0.6 is 23.4 Å². The van der Waals surface area contributed by atoms with E-state index in [1.807, 2.05) is 25.1 Å². The number of carboxylic acid groups (broad SMARTS) is 1. The minimum atomic E-state index is -1.12. The summed E-state index contributed by atoms with van der Waals surface area (Å²) in [6.45, 7) is 2.53. The number of methoxy groups -OCH3 is 2. The van der Waals surface area contributed by atoms with Gasteiger partial charge in [-0.2, -0.15) is 0 Å². The number of hydrogen-bond donors (Lipinski definition) is 2. The van der Waals surface area contributed by atoms with Crippen LogP contribution in [0.2, 0.25) is 5.02 Å². The average molecular weight is 568 g/mol. The van der Waals surface area contributed by atoms with Crippen molar-refractivity contribution in [1.82, 2.24) is 15.2 Å². The van der Waals surface area contributed by atoms with Crippen LogP contribution in [0.5, 0.6) is 23.0 Å². The first-order chi connectivity index (χ1) is 18.9. The summed E-state index contributed by atoms with van der Waals surface area (Å²) in [4.78, 5) is 16.5. The number of nitrogens with one attached hydrogen (secondary N) is 1. The van der Waals surface area contributed by atoms with Gasteiger partial charge in [-0.15, -0.1) is 5.10 Å². The number of rotatable bonds is 12. The third kappa shape index (κ3) is 7.24. The fourth-order valence-corrected chi connectivity index (χ4v) is 4.42. The van der Waals surface area contributed by atoms with Crippen LogP contribution in [0.25, 0.3) is 17.5 Å². The predicted molar refractivity (Wildman–Crippen MR) is 150 cm³/mol. The Balaban J connectivity index is 1.55. The minimum absolute atomic E-state index is 0.0240. The Hall–Kier alpha value is -4.15. The summed E-state index contributed by atoms with van der Waals surface area (Å²) in [6, 6.07) is 17.9. The lowest BCUT2D eigenvalue weighted by Crippen LogP contribution is -2.01. The maximum atomic E-state index is 12.1. The van der Waals surface area contributed by atoms with Gasteiger partial charge in [0.25, 0.3) is 0 Å². The smallest absolute Gasteiger partial charge is 0.342 e. The zero-order valence-corrected chi connectivity index (χ0v) is 23.0. The highest BCUT2D eigenvalue weighted by atomic mass is 35.5. The van der Waals surface area contributed by atoms with Crippen molar-refractivity contribution < 1.29 is 28.8 Å². The molecule has 11 heteroatoms. The quantitative estimate of drug-likeness (QED) is 0.149. The number of hydrogen-bond acceptors (Lipinski definition) is 8. The first-order valence-corrected chi connectivity index (χ1v) is 13.0. The number of carboxylic acids is 1. The van der Waals surface area contributed by atoms with Crippen molar-refractivity contribution in [2.45, 2.75) is 18.7 Å². The van der Waals surface area contributed by atoms with Crippen LogP contribution in [0.3, 0.4) is 0 Å². The average Bonchev–Trinajstić information content (AvgIpc) is 3.41. The van der Waals surface area contributed by atoms with E-state index in [1.165, 1.54) is 6.08 Å². The Bertz CT molecular complexity index is 1470. The van der Waals surface area contributed by atoms with E-state index in [0.29, 0.717) is 51.6 Å². The number of aliphatic carboxylic acids is 1. The second-order valence-electron chi connectivity index (χ2n) is 8.00. The second-order valence-corrected chi connectivity index (χ2v) is 9.42. The lowest BCUT2D eigenvalue weighted by molar-refractivity contribution is -0.131. The Morgan fingerprint density at radius 3 is 2.44 bits per heavy atom. The maximum absolute atomic E-state index is 12.1. The minimum Gasteiger partial charge on any atom is -0.497 e. The Kier molecular flexibility index (Phi) is 9.35. The van der Waals surface area contributed by atoms with Crippen molar-refractivity contribution in [1.29, 1.82) is 0 Å². The maximum Gasteiger partial charge on any atom is 0.342 e. The molecule has 202 valence electrons. The normalized spacial score (nSPS) is 11.2. The number of ether oxygens (including phenoxy) is 4. The fraction of sp³-hybridized carbons (Fsp3) is 0.179. The van der Waals surface area contributed by atoms with Gasteiger partial charge in [0, 0.05) is 22.2 Å². The van der Waals surface area contributed by atoms with Crippen LogP contribution in [0.15, 0.2) is 70.7 Å². The van der Waals surface area contributed by atoms with Gasteiger partial charge in [-0.05, 0) is 60.7 Å². The number of halogens is 1. The van der Waals surface area contributed by atoms with E-state index >= 15 is 0 Å². The number of thioether (sulfide) groups is 1. The molecule has 1 aromatic heterocycles. The molecule has 0 aliphatic carbocycles. The Morgan fingerprint density at radius 1 is 1.03 bits per heavy atom. The number of nitrogens with zero attached hydrogens (tertiary/aromatic N) is 2. The highest BCUT2D eigenvalue weighted by molar-refractivity contribution is 8.04. The SMILES string of the molecule is CCOc1cc(/C=C(\Sc2n[nH]c(-c3cc(OC)cc(OC)c3)n2)C(=O)O)ccc1OCc1ccccc1Cl. The van der Waals surface area contributed by atoms with Crippen LogP contribution in [-0.4, -0.2) is 47.1 Å². The van der Waals surface area contributed by atoms with Gasteiger partial charge in [0.1, 0.15) is 23.0 Å². The summed E-state index contributed by atoms with van der Waals surface area (Å²) in [5.74, 6) is 1.51. The van der Waals surface area contributed by atoms with Gasteiger partial charge in [0.15, 0.2) is 17.3 Å². The zero-order valence-electron chi connectivity index (χ0n) is 21.4. The van der Waals surface area contributed by atoms with Gasteiger partial charge in [-0.1, -0.05) is 35.9 Å². The third-order valence-corrected chi connectivity index (χ3v) is 6.65. The van der Waals surface area contributed by atoms with E-state index in [2.05, 4.69) is 15.2 Å². The first kappa shape index (κ1) is 27.9. The fourth-order valence-electron chi connectivity index (χ4n) is 3.52. The summed E-state index contributed by atoms with van der Waals surface area (Å²) in [5.41, 5.74) is 2.13. The standard InChI is InChI=1S/C28H26ClN3O6S/c1-4-37-24-11-17(9-10-23(24)38-16-18-7-5-6-8-22(18)29)12-25(27(33)34)39-28-30-26(31-32-28)19-13-20(35-2)15-21(14-19)36-3/h5-15H,4,16H2,1-3H3,(H,33,34)(H,30,31,32)/b25-12-. The Labute approximate surface area is 234 Å². The molecule has 0 aliphatic rings. The van der Waals surface area contributed by atoms with E-state index in [9.17, 15) is 9.90 Å². The molecular formula is C28H26ClN3O6S. The van der Waals surface area contributed by atoms with Crippen molar-refractivity contribution >= 4 is 35.4 Å². The summed E-state index contributed by atoms with van der Waals surface area (Å²) in [5, 5.41) is 17.7. The van der Waals surface area contributed by atoms with Crippen LogP contribution in [-0.2, 0) is 11.4 Å². The molecule has 4 aromatic rings. The molecule has 0 saturated heterocycles. The molecule has 0 radical (unpaired) electrons. The van der Waals surface area contributed by atoms with E-state index in [0.717, 1.165) is 17.3 Å². The number of H-pyrrole nitrogens is 1. The van der Waals surface area contributed by atoms with E-state index in [1.54, 1.807) is 56.7 Å². The van der Waals surface area contributed by atoms with Crippen molar-refractivity contribution in [2.75, 3.05) is 20.8 Å². The van der Waals surface area contributed by atoms with Gasteiger partial charge >= 0.3 is 5.97 Å². The van der Waals surface area contributed by atoms with Crippen LogP contribution < -0.4 is 18.9 Å². The molecule has 2 N–H and O–H groups in total. The lowest BCUT2D eigenvalue weighted by Gasteiger charge is -2.13. The summed E-state index contributed by atoms with van der Waals surface area (Å²) < 4.78 is 22.3. The van der Waals surface area contributed by atoms with Crippen molar-refractivity contribution in [3.8, 4) is 34.4 Å². The molecule has 3 aromatic carbocycles. The molecule has 0 atom stereocenters. The lowest BCUT2D eigenvalue weighted by atomic mass is 10.2. The van der Waals surface area contributed by atoms with Gasteiger partial charge < -0.3 is 24.1 Å². The largest absolute Gasteiger partial charge is 0.497 e. The number of carbonyl (C=O) groups is 1. The number of benzene rings is 3. The van der Waals surface area contributed by atoms with E-state index < -0.39 is 5.97 Å². The van der Waals surface area contributed by atoms with Gasteiger partial charge in [-0.25, -0.2) is 9.78 Å². The summed E-state index contributed by atoms with van der Waals surface area (Å²) in [7, 11) is 3.11. The first-order valence-electron chi connectivity index (χ1n) is 11.8. The third-order valence-electron chi connectivity index (χ3n) is 5.41. The molecule has 0 spiro atoms. The van der Waals surface area contributed by atoms with Crippen molar-refractivity contribution in [2.24, 2.45) is 0 Å². The monoisotopic (exact) mass is 567 g/mol. The van der Waals surface area contributed by atoms with Gasteiger partial charge in [-0.3, -0.25) is 5.10 Å². The molecular weight excluding hydrogens is 542 g/mol. The van der Waals surface area contributed by atoms with Gasteiger partial charge in [0.2, 0.25) is 5.16 Å². The molecule has 9 nitrogen and oxygen atoms in total. The highest BCUT2D eigenvalue weighted by Gasteiger charge is 2.16. The molecule has 39 heavy (non-hydrogen) atoms. The highest BCUT2D eigenvalue weighted by Crippen LogP contribution is 2.34. The van der Waals surface area contributed by atoms with Crippen molar-refractivity contribution in [3.05, 3.63) is 81.7 Å². The van der Waals surface area contributed by atoms with Crippen LogP contribution in [0, 0.1) is 0 Å². The summed E-state index contributed by atoms with van der Waals surface area (Å²) >= 11 is 7.15. The molecule has 1 heterocycles.